The van der Waals surface area contributed by atoms with E-state index in [1.807, 2.05) is 27.9 Å². The Bertz CT molecular complexity index is 811. The zero-order chi connectivity index (χ0) is 20.0. The normalized spacial score (nSPS) is 10.8. The van der Waals surface area contributed by atoms with Crippen molar-refractivity contribution in [3.63, 3.8) is 0 Å². The fourth-order valence-corrected chi connectivity index (χ4v) is 2.63. The maximum Gasteiger partial charge on any atom is 0.274 e. The summed E-state index contributed by atoms with van der Waals surface area (Å²) in [4.78, 5) is 23.5. The van der Waals surface area contributed by atoms with Crippen LogP contribution >= 0.6 is 11.6 Å². The van der Waals surface area contributed by atoms with E-state index in [9.17, 15) is 4.79 Å². The number of methoxy groups -OCH3 is 1. The Balaban J connectivity index is 2.13. The molecule has 1 aromatic carbocycles. The first-order valence-electron chi connectivity index (χ1n) is 8.70. The summed E-state index contributed by atoms with van der Waals surface area (Å²) in [6.45, 7) is 5.38. The van der Waals surface area contributed by atoms with Gasteiger partial charge in [0.15, 0.2) is 0 Å². The van der Waals surface area contributed by atoms with E-state index in [1.165, 1.54) is 7.11 Å². The number of nitrogens with zero attached hydrogens (tertiary/aromatic N) is 3. The number of amides is 1. The van der Waals surface area contributed by atoms with Gasteiger partial charge >= 0.3 is 0 Å². The number of anilines is 2. The summed E-state index contributed by atoms with van der Waals surface area (Å²) >= 11 is 6.12. The van der Waals surface area contributed by atoms with Gasteiger partial charge < -0.3 is 20.3 Å². The molecule has 0 atom stereocenters. The van der Waals surface area contributed by atoms with Crippen LogP contribution in [0.3, 0.4) is 0 Å². The van der Waals surface area contributed by atoms with Gasteiger partial charge in [0.2, 0.25) is 5.95 Å². The Morgan fingerprint density at radius 3 is 2.63 bits per heavy atom. The minimum Gasteiger partial charge on any atom is -0.495 e. The molecular formula is C19H26ClN5O2. The van der Waals surface area contributed by atoms with Crippen molar-refractivity contribution in [3.8, 4) is 5.75 Å². The molecule has 0 saturated carbocycles. The summed E-state index contributed by atoms with van der Waals surface area (Å²) in [6, 6.07) is 5.10. The second-order valence-electron chi connectivity index (χ2n) is 6.56. The summed E-state index contributed by atoms with van der Waals surface area (Å²) in [5.74, 6) is 0.599. The van der Waals surface area contributed by atoms with Crippen molar-refractivity contribution in [2.24, 2.45) is 0 Å². The van der Waals surface area contributed by atoms with Crippen LogP contribution in [0.5, 0.6) is 5.75 Å². The topological polar surface area (TPSA) is 79.4 Å². The zero-order valence-electron chi connectivity index (χ0n) is 16.4. The minimum absolute atomic E-state index is 0.285. The van der Waals surface area contributed by atoms with Crippen LogP contribution in [-0.2, 0) is 0 Å². The first kappa shape index (κ1) is 20.9. The molecule has 0 unspecified atom stereocenters. The van der Waals surface area contributed by atoms with Gasteiger partial charge in [0, 0.05) is 23.3 Å². The van der Waals surface area contributed by atoms with Gasteiger partial charge in [-0.1, -0.05) is 11.6 Å². The Hall–Kier alpha value is -2.38. The van der Waals surface area contributed by atoms with Crippen molar-refractivity contribution in [2.75, 3.05) is 44.9 Å². The lowest BCUT2D eigenvalue weighted by Gasteiger charge is -2.13. The maximum atomic E-state index is 12.7. The van der Waals surface area contributed by atoms with Crippen LogP contribution in [0, 0.1) is 13.8 Å². The molecule has 0 saturated heterocycles. The molecule has 2 N–H and O–H groups in total. The highest BCUT2D eigenvalue weighted by Crippen LogP contribution is 2.31. The molecule has 2 rings (SSSR count). The standard InChI is InChI=1S/C19H26ClN5O2/c1-12-9-15(17(27-5)11-14(12)20)23-18(26)16-10-13(2)22-19(24-16)21-7-6-8-25(3)4/h9-11H,6-8H2,1-5H3,(H,23,26)(H,21,22,24). The molecule has 0 bridgehead atoms. The fraction of sp³-hybridized carbons (Fsp3) is 0.421. The van der Waals surface area contributed by atoms with E-state index >= 15 is 0 Å². The molecule has 7 nitrogen and oxygen atoms in total. The average molecular weight is 392 g/mol. The molecule has 27 heavy (non-hydrogen) atoms. The third kappa shape index (κ3) is 6.08. The number of hydrogen-bond acceptors (Lipinski definition) is 6. The molecule has 1 aromatic heterocycles. The second-order valence-corrected chi connectivity index (χ2v) is 6.96. The van der Waals surface area contributed by atoms with E-state index < -0.39 is 0 Å². The third-order valence-corrected chi connectivity index (χ3v) is 4.29. The molecule has 0 aliphatic carbocycles. The van der Waals surface area contributed by atoms with E-state index in [0.717, 1.165) is 25.1 Å². The van der Waals surface area contributed by atoms with Gasteiger partial charge in [-0.3, -0.25) is 4.79 Å². The number of carbonyl (C=O) groups is 1. The lowest BCUT2D eigenvalue weighted by Crippen LogP contribution is -2.19. The van der Waals surface area contributed by atoms with Crippen LogP contribution in [0.1, 0.15) is 28.2 Å². The van der Waals surface area contributed by atoms with Crippen molar-refractivity contribution >= 4 is 29.1 Å². The second kappa shape index (κ2) is 9.53. The third-order valence-electron chi connectivity index (χ3n) is 3.88. The van der Waals surface area contributed by atoms with Gasteiger partial charge in [0.25, 0.3) is 5.91 Å². The van der Waals surface area contributed by atoms with Gasteiger partial charge in [-0.2, -0.15) is 0 Å². The molecule has 0 aliphatic rings. The number of aromatic nitrogens is 2. The number of halogens is 1. The monoisotopic (exact) mass is 391 g/mol. The summed E-state index contributed by atoms with van der Waals surface area (Å²) < 4.78 is 5.30. The number of carbonyl (C=O) groups excluding carboxylic acids is 1. The highest BCUT2D eigenvalue weighted by Gasteiger charge is 2.14. The molecular weight excluding hydrogens is 366 g/mol. The molecule has 0 radical (unpaired) electrons. The molecule has 0 aliphatic heterocycles. The van der Waals surface area contributed by atoms with Gasteiger partial charge in [-0.15, -0.1) is 0 Å². The SMILES string of the molecule is COc1cc(Cl)c(C)cc1NC(=O)c1cc(C)nc(NCCCN(C)C)n1. The van der Waals surface area contributed by atoms with E-state index in [-0.39, 0.29) is 11.6 Å². The van der Waals surface area contributed by atoms with Crippen molar-refractivity contribution in [1.82, 2.24) is 14.9 Å². The first-order chi connectivity index (χ1) is 12.8. The van der Waals surface area contributed by atoms with Crippen LogP contribution < -0.4 is 15.4 Å². The molecule has 2 aromatic rings. The number of rotatable bonds is 8. The number of ether oxygens (including phenoxy) is 1. The average Bonchev–Trinajstić information content (AvgIpc) is 2.61. The largest absolute Gasteiger partial charge is 0.495 e. The lowest BCUT2D eigenvalue weighted by molar-refractivity contribution is 0.102. The molecule has 0 fully saturated rings. The van der Waals surface area contributed by atoms with Crippen LogP contribution in [-0.4, -0.2) is 55.1 Å². The van der Waals surface area contributed by atoms with Crippen LogP contribution in [0.25, 0.3) is 0 Å². The predicted molar refractivity (Wildman–Crippen MR) is 109 cm³/mol. The van der Waals surface area contributed by atoms with E-state index in [4.69, 9.17) is 16.3 Å². The summed E-state index contributed by atoms with van der Waals surface area (Å²) in [7, 11) is 5.58. The van der Waals surface area contributed by atoms with E-state index in [0.29, 0.717) is 28.1 Å². The Morgan fingerprint density at radius 2 is 1.96 bits per heavy atom. The zero-order valence-corrected chi connectivity index (χ0v) is 17.1. The van der Waals surface area contributed by atoms with Crippen LogP contribution in [0.15, 0.2) is 18.2 Å². The van der Waals surface area contributed by atoms with Gasteiger partial charge in [-0.25, -0.2) is 9.97 Å². The highest BCUT2D eigenvalue weighted by atomic mass is 35.5. The predicted octanol–water partition coefficient (Wildman–Crippen LogP) is 3.37. The molecule has 1 amide bonds. The van der Waals surface area contributed by atoms with Crippen LogP contribution in [0.4, 0.5) is 11.6 Å². The first-order valence-corrected chi connectivity index (χ1v) is 9.07. The number of hydrogen-bond donors (Lipinski definition) is 2. The van der Waals surface area contributed by atoms with Gasteiger partial charge in [0.1, 0.15) is 11.4 Å². The Kier molecular flexibility index (Phi) is 7.38. The van der Waals surface area contributed by atoms with Gasteiger partial charge in [0.05, 0.1) is 12.8 Å². The molecule has 1 heterocycles. The van der Waals surface area contributed by atoms with Crippen molar-refractivity contribution in [2.45, 2.75) is 20.3 Å². The molecule has 0 spiro atoms. The number of aryl methyl sites for hydroxylation is 2. The van der Waals surface area contributed by atoms with E-state index in [2.05, 4.69) is 25.5 Å². The summed E-state index contributed by atoms with van der Waals surface area (Å²) in [5.41, 5.74) is 2.38. The smallest absolute Gasteiger partial charge is 0.274 e. The highest BCUT2D eigenvalue weighted by molar-refractivity contribution is 6.31. The fourth-order valence-electron chi connectivity index (χ4n) is 2.48. The van der Waals surface area contributed by atoms with E-state index in [1.54, 1.807) is 18.2 Å². The quantitative estimate of drug-likeness (QED) is 0.671. The summed E-state index contributed by atoms with van der Waals surface area (Å²) in [5, 5.41) is 6.58. The number of nitrogens with one attached hydrogen (secondary N) is 2. The van der Waals surface area contributed by atoms with Crippen LogP contribution in [0.2, 0.25) is 5.02 Å². The maximum absolute atomic E-state index is 12.7. The van der Waals surface area contributed by atoms with Crippen molar-refractivity contribution < 1.29 is 9.53 Å². The van der Waals surface area contributed by atoms with Crippen molar-refractivity contribution in [3.05, 3.63) is 40.2 Å². The lowest BCUT2D eigenvalue weighted by atomic mass is 10.2. The summed E-state index contributed by atoms with van der Waals surface area (Å²) in [6.07, 6.45) is 0.951. The van der Waals surface area contributed by atoms with Crippen molar-refractivity contribution in [1.29, 1.82) is 0 Å². The Morgan fingerprint density at radius 1 is 1.22 bits per heavy atom. The number of benzene rings is 1. The molecule has 8 heteroatoms. The minimum atomic E-state index is -0.336. The van der Waals surface area contributed by atoms with Gasteiger partial charge in [-0.05, 0) is 58.6 Å². The molecule has 146 valence electrons. The Labute approximate surface area is 165 Å².